The highest BCUT2D eigenvalue weighted by Gasteiger charge is 2.21. The van der Waals surface area contributed by atoms with Crippen LogP contribution in [0.15, 0.2) is 88.5 Å². The summed E-state index contributed by atoms with van der Waals surface area (Å²) in [6.45, 7) is 3.94. The number of para-hydroxylation sites is 4. The van der Waals surface area contributed by atoms with Crippen molar-refractivity contribution in [2.24, 2.45) is 0 Å². The highest BCUT2D eigenvalue weighted by Crippen LogP contribution is 2.28. The fraction of sp³-hybridized carbons (Fsp3) is 0.148. The van der Waals surface area contributed by atoms with Gasteiger partial charge in [0.1, 0.15) is 5.75 Å². The molecule has 3 aromatic carbocycles. The Hall–Kier alpha value is -4.19. The molecule has 0 atom stereocenters. The molecule has 0 amide bonds. The van der Waals surface area contributed by atoms with Crippen LogP contribution in [0.3, 0.4) is 0 Å². The van der Waals surface area contributed by atoms with Gasteiger partial charge in [-0.15, -0.1) is 0 Å². The van der Waals surface area contributed by atoms with Gasteiger partial charge in [0.25, 0.3) is 11.1 Å². The van der Waals surface area contributed by atoms with Crippen LogP contribution in [-0.4, -0.2) is 21.2 Å². The summed E-state index contributed by atoms with van der Waals surface area (Å²) >= 11 is 0. The number of pyridine rings is 1. The highest BCUT2D eigenvalue weighted by atomic mass is 16.5. The van der Waals surface area contributed by atoms with Gasteiger partial charge in [0.15, 0.2) is 5.82 Å². The van der Waals surface area contributed by atoms with E-state index >= 15 is 0 Å². The maximum atomic E-state index is 13.8. The number of aromatic nitrogens is 3. The summed E-state index contributed by atoms with van der Waals surface area (Å²) in [4.78, 5) is 32.4. The van der Waals surface area contributed by atoms with Crippen LogP contribution in [0.5, 0.6) is 5.75 Å². The number of methoxy groups -OCH3 is 1. The molecule has 33 heavy (non-hydrogen) atoms. The van der Waals surface area contributed by atoms with Crippen molar-refractivity contribution in [3.05, 3.63) is 99.6 Å². The van der Waals surface area contributed by atoms with Gasteiger partial charge in [0, 0.05) is 6.04 Å². The Kier molecular flexibility index (Phi) is 5.05. The molecule has 0 saturated heterocycles. The van der Waals surface area contributed by atoms with Gasteiger partial charge in [0.2, 0.25) is 0 Å². The van der Waals surface area contributed by atoms with Gasteiger partial charge in [-0.25, -0.2) is 4.98 Å². The maximum Gasteiger partial charge on any atom is 0.266 e. The third-order valence-electron chi connectivity index (χ3n) is 5.80. The smallest absolute Gasteiger partial charge is 0.266 e. The third-order valence-corrected chi connectivity index (χ3v) is 5.80. The summed E-state index contributed by atoms with van der Waals surface area (Å²) in [5.41, 5.74) is 1.80. The molecule has 6 nitrogen and oxygen atoms in total. The number of hydrogen-bond acceptors (Lipinski definition) is 4. The molecule has 2 aromatic heterocycles. The van der Waals surface area contributed by atoms with E-state index in [1.165, 1.54) is 4.57 Å². The van der Waals surface area contributed by atoms with Crippen LogP contribution in [0.25, 0.3) is 38.9 Å². The van der Waals surface area contributed by atoms with E-state index in [-0.39, 0.29) is 23.0 Å². The Labute approximate surface area is 190 Å². The molecule has 5 rings (SSSR count). The van der Waals surface area contributed by atoms with Crippen LogP contribution < -0.4 is 15.9 Å². The van der Waals surface area contributed by atoms with E-state index in [4.69, 9.17) is 9.72 Å². The van der Waals surface area contributed by atoms with Crippen molar-refractivity contribution in [1.29, 1.82) is 0 Å². The lowest BCUT2D eigenvalue weighted by Crippen LogP contribution is -2.28. The Balaban J connectivity index is 1.98. The maximum absolute atomic E-state index is 13.8. The second kappa shape index (κ2) is 8.06. The lowest BCUT2D eigenvalue weighted by Gasteiger charge is -2.19. The van der Waals surface area contributed by atoms with E-state index in [2.05, 4.69) is 0 Å². The topological polar surface area (TPSA) is 66.1 Å². The molecule has 0 aliphatic heterocycles. The van der Waals surface area contributed by atoms with Crippen molar-refractivity contribution in [3.63, 3.8) is 0 Å². The van der Waals surface area contributed by atoms with Crippen LogP contribution in [0, 0.1) is 0 Å². The predicted octanol–water partition coefficient (Wildman–Crippen LogP) is 4.96. The zero-order valence-corrected chi connectivity index (χ0v) is 18.6. The van der Waals surface area contributed by atoms with E-state index in [0.29, 0.717) is 27.9 Å². The summed E-state index contributed by atoms with van der Waals surface area (Å²) < 4.78 is 8.78. The quantitative estimate of drug-likeness (QED) is 0.399. The van der Waals surface area contributed by atoms with E-state index in [1.807, 2.05) is 62.4 Å². The molecule has 2 heterocycles. The number of nitrogens with zero attached hydrogens (tertiary/aromatic N) is 3. The molecule has 0 fully saturated rings. The molecule has 0 saturated carbocycles. The van der Waals surface area contributed by atoms with E-state index in [9.17, 15) is 9.59 Å². The highest BCUT2D eigenvalue weighted by molar-refractivity contribution is 5.85. The normalized spacial score (nSPS) is 11.4. The molecule has 0 N–H and O–H groups in total. The zero-order chi connectivity index (χ0) is 23.1. The Bertz CT molecular complexity index is 1630. The molecule has 0 bridgehead atoms. The first-order valence-electron chi connectivity index (χ1n) is 10.8. The average molecular weight is 437 g/mol. The van der Waals surface area contributed by atoms with Gasteiger partial charge in [0.05, 0.1) is 34.8 Å². The zero-order valence-electron chi connectivity index (χ0n) is 18.6. The fourth-order valence-corrected chi connectivity index (χ4v) is 4.31. The lowest BCUT2D eigenvalue weighted by molar-refractivity contribution is 0.412. The van der Waals surface area contributed by atoms with Gasteiger partial charge in [-0.3, -0.25) is 14.2 Å². The Morgan fingerprint density at radius 3 is 2.33 bits per heavy atom. The monoisotopic (exact) mass is 437 g/mol. The third kappa shape index (κ3) is 3.31. The first-order valence-corrected chi connectivity index (χ1v) is 10.8. The fourth-order valence-electron chi connectivity index (χ4n) is 4.31. The summed E-state index contributed by atoms with van der Waals surface area (Å²) in [7, 11) is 1.56. The number of rotatable bonds is 4. The molecule has 0 spiro atoms. The SMILES string of the molecule is COc1ccccc1-n1c(-c2cc3ccccc3n(C(C)C)c2=O)nc2ccccc2c1=O. The molecule has 6 heteroatoms. The van der Waals surface area contributed by atoms with Crippen LogP contribution in [0.4, 0.5) is 0 Å². The number of fused-ring (bicyclic) bond motifs is 2. The predicted molar refractivity (Wildman–Crippen MR) is 131 cm³/mol. The summed E-state index contributed by atoms with van der Waals surface area (Å²) in [5, 5.41) is 1.37. The second-order valence-corrected chi connectivity index (χ2v) is 8.15. The van der Waals surface area contributed by atoms with Gasteiger partial charge < -0.3 is 9.30 Å². The number of benzene rings is 3. The summed E-state index contributed by atoms with van der Waals surface area (Å²) in [6, 6.07) is 23.9. The van der Waals surface area contributed by atoms with E-state index in [1.54, 1.807) is 42.0 Å². The van der Waals surface area contributed by atoms with Crippen LogP contribution in [0.1, 0.15) is 19.9 Å². The van der Waals surface area contributed by atoms with E-state index in [0.717, 1.165) is 10.9 Å². The van der Waals surface area contributed by atoms with Crippen LogP contribution in [0.2, 0.25) is 0 Å². The average Bonchev–Trinajstić information content (AvgIpc) is 2.83. The Morgan fingerprint density at radius 1 is 0.848 bits per heavy atom. The minimum absolute atomic E-state index is 0.0748. The van der Waals surface area contributed by atoms with Crippen molar-refractivity contribution in [1.82, 2.24) is 14.1 Å². The van der Waals surface area contributed by atoms with Gasteiger partial charge in [-0.05, 0) is 55.6 Å². The lowest BCUT2D eigenvalue weighted by atomic mass is 10.1. The van der Waals surface area contributed by atoms with Crippen molar-refractivity contribution >= 4 is 21.8 Å². The van der Waals surface area contributed by atoms with Crippen molar-refractivity contribution in [2.75, 3.05) is 7.11 Å². The second-order valence-electron chi connectivity index (χ2n) is 8.15. The molecule has 0 aliphatic rings. The molecular weight excluding hydrogens is 414 g/mol. The number of hydrogen-bond donors (Lipinski definition) is 0. The summed E-state index contributed by atoms with van der Waals surface area (Å²) in [5.74, 6) is 0.802. The molecule has 0 radical (unpaired) electrons. The molecule has 0 aliphatic carbocycles. The molecule has 0 unspecified atom stereocenters. The standard InChI is InChI=1S/C27H23N3O3/c1-17(2)29-22-13-7-4-10-18(22)16-20(27(29)32)25-28-21-12-6-5-11-19(21)26(31)30(25)23-14-8-9-15-24(23)33-3/h4-17H,1-3H3. The Morgan fingerprint density at radius 2 is 1.55 bits per heavy atom. The largest absolute Gasteiger partial charge is 0.495 e. The van der Waals surface area contributed by atoms with E-state index < -0.39 is 0 Å². The minimum Gasteiger partial charge on any atom is -0.495 e. The molecular formula is C27H23N3O3. The van der Waals surface area contributed by atoms with Gasteiger partial charge in [-0.2, -0.15) is 0 Å². The van der Waals surface area contributed by atoms with Crippen LogP contribution >= 0.6 is 0 Å². The number of ether oxygens (including phenoxy) is 1. The van der Waals surface area contributed by atoms with Crippen molar-refractivity contribution < 1.29 is 4.74 Å². The first-order chi connectivity index (χ1) is 16.0. The minimum atomic E-state index is -0.260. The van der Waals surface area contributed by atoms with Gasteiger partial charge >= 0.3 is 0 Å². The first kappa shape index (κ1) is 20.7. The van der Waals surface area contributed by atoms with Crippen molar-refractivity contribution in [3.8, 4) is 22.8 Å². The molecule has 164 valence electrons. The molecule has 5 aromatic rings. The van der Waals surface area contributed by atoms with Gasteiger partial charge in [-0.1, -0.05) is 42.5 Å². The van der Waals surface area contributed by atoms with Crippen molar-refractivity contribution in [2.45, 2.75) is 19.9 Å². The summed E-state index contributed by atoms with van der Waals surface area (Å²) in [6.07, 6.45) is 0. The van der Waals surface area contributed by atoms with Crippen LogP contribution in [-0.2, 0) is 0 Å².